The molecule has 0 bridgehead atoms. The Morgan fingerprint density at radius 3 is 2.65 bits per heavy atom. The Morgan fingerprint density at radius 1 is 1.30 bits per heavy atom. The van der Waals surface area contributed by atoms with Gasteiger partial charge in [-0.2, -0.15) is 13.2 Å². The van der Waals surface area contributed by atoms with E-state index in [0.29, 0.717) is 35.8 Å². The fourth-order valence-corrected chi connectivity index (χ4v) is 2.62. The van der Waals surface area contributed by atoms with Crippen LogP contribution in [-0.2, 0) is 0 Å². The molecule has 2 heterocycles. The summed E-state index contributed by atoms with van der Waals surface area (Å²) in [5.74, 6) is 1.06. The van der Waals surface area contributed by atoms with Gasteiger partial charge in [-0.1, -0.05) is 6.92 Å². The third-order valence-corrected chi connectivity index (χ3v) is 3.59. The number of hydrogen-bond acceptors (Lipinski definition) is 4. The molecule has 7 heteroatoms. The van der Waals surface area contributed by atoms with Crippen LogP contribution in [0.3, 0.4) is 0 Å². The first-order valence-electron chi connectivity index (χ1n) is 6.49. The second kappa shape index (κ2) is 4.64. The van der Waals surface area contributed by atoms with Crippen LogP contribution < -0.4 is 19.7 Å². The van der Waals surface area contributed by atoms with E-state index >= 15 is 0 Å². The maximum Gasteiger partial charge on any atom is 0.405 e. The molecule has 20 heavy (non-hydrogen) atoms. The van der Waals surface area contributed by atoms with Crippen LogP contribution in [0.2, 0.25) is 0 Å². The number of anilines is 2. The summed E-state index contributed by atoms with van der Waals surface area (Å²) >= 11 is 0. The van der Waals surface area contributed by atoms with Crippen molar-refractivity contribution in [3.05, 3.63) is 12.1 Å². The van der Waals surface area contributed by atoms with Gasteiger partial charge >= 0.3 is 6.18 Å². The molecule has 0 amide bonds. The molecular formula is C13H15F3N2O2. The topological polar surface area (TPSA) is 33.7 Å². The summed E-state index contributed by atoms with van der Waals surface area (Å²) in [5.41, 5.74) is 1.17. The molecule has 110 valence electrons. The monoisotopic (exact) mass is 288 g/mol. The van der Waals surface area contributed by atoms with Gasteiger partial charge in [0.05, 0.1) is 11.4 Å². The van der Waals surface area contributed by atoms with Crippen molar-refractivity contribution < 1.29 is 22.6 Å². The minimum Gasteiger partial charge on any atom is -0.454 e. The highest BCUT2D eigenvalue weighted by Gasteiger charge is 2.37. The number of benzene rings is 1. The molecule has 3 rings (SSSR count). The van der Waals surface area contributed by atoms with Gasteiger partial charge in [-0.25, -0.2) is 0 Å². The molecule has 1 N–H and O–H groups in total. The second-order valence-electron chi connectivity index (χ2n) is 4.91. The predicted molar refractivity (Wildman–Crippen MR) is 68.5 cm³/mol. The number of alkyl halides is 3. The van der Waals surface area contributed by atoms with Gasteiger partial charge in [0, 0.05) is 24.7 Å². The van der Waals surface area contributed by atoms with Gasteiger partial charge in [0.1, 0.15) is 6.54 Å². The minimum absolute atomic E-state index is 0.106. The quantitative estimate of drug-likeness (QED) is 0.907. The molecule has 0 saturated carbocycles. The first-order valence-corrected chi connectivity index (χ1v) is 6.49. The maximum absolute atomic E-state index is 12.8. The van der Waals surface area contributed by atoms with Crippen molar-refractivity contribution in [3.8, 4) is 11.5 Å². The molecule has 2 aliphatic rings. The number of hydrogen-bond donors (Lipinski definition) is 1. The van der Waals surface area contributed by atoms with E-state index in [1.807, 2.05) is 6.92 Å². The highest BCUT2D eigenvalue weighted by Crippen LogP contribution is 2.44. The van der Waals surface area contributed by atoms with Crippen LogP contribution in [0, 0.1) is 0 Å². The number of fused-ring (bicyclic) bond motifs is 2. The molecule has 4 nitrogen and oxygen atoms in total. The summed E-state index contributed by atoms with van der Waals surface area (Å²) in [6, 6.07) is 3.13. The van der Waals surface area contributed by atoms with Crippen LogP contribution in [0.4, 0.5) is 24.5 Å². The summed E-state index contributed by atoms with van der Waals surface area (Å²) in [7, 11) is 0. The number of nitrogens with zero attached hydrogens (tertiary/aromatic N) is 1. The Balaban J connectivity index is 1.99. The molecule has 0 radical (unpaired) electrons. The fourth-order valence-electron chi connectivity index (χ4n) is 2.62. The predicted octanol–water partition coefficient (Wildman–Crippen LogP) is 2.99. The molecular weight excluding hydrogens is 273 g/mol. The van der Waals surface area contributed by atoms with Gasteiger partial charge in [0.15, 0.2) is 11.5 Å². The number of rotatable bonds is 2. The minimum atomic E-state index is -4.24. The van der Waals surface area contributed by atoms with Gasteiger partial charge in [-0.3, -0.25) is 0 Å². The normalized spacial score (nSPS) is 20.6. The first kappa shape index (κ1) is 13.2. The van der Waals surface area contributed by atoms with Crippen LogP contribution in [0.5, 0.6) is 11.5 Å². The van der Waals surface area contributed by atoms with Crippen LogP contribution in [-0.4, -0.2) is 32.1 Å². The zero-order chi connectivity index (χ0) is 14.3. The third kappa shape index (κ3) is 2.32. The third-order valence-electron chi connectivity index (χ3n) is 3.59. The van der Waals surface area contributed by atoms with Crippen LogP contribution in [0.1, 0.15) is 13.3 Å². The van der Waals surface area contributed by atoms with E-state index in [4.69, 9.17) is 9.47 Å². The van der Waals surface area contributed by atoms with Gasteiger partial charge in [-0.15, -0.1) is 0 Å². The summed E-state index contributed by atoms with van der Waals surface area (Å²) in [4.78, 5) is 1.40. The SMILES string of the molecule is CCC1CNc2cc3c(cc2N1CC(F)(F)F)OCO3. The van der Waals surface area contributed by atoms with E-state index in [2.05, 4.69) is 5.32 Å². The molecule has 2 aliphatic heterocycles. The number of nitrogens with one attached hydrogen (secondary N) is 1. The second-order valence-corrected chi connectivity index (χ2v) is 4.91. The molecule has 0 fully saturated rings. The molecule has 1 aromatic rings. The largest absolute Gasteiger partial charge is 0.454 e. The Labute approximate surface area is 114 Å². The summed E-state index contributed by atoms with van der Waals surface area (Å²) in [5, 5.41) is 3.16. The Morgan fingerprint density at radius 2 is 2.00 bits per heavy atom. The van der Waals surface area contributed by atoms with Gasteiger partial charge in [0.25, 0.3) is 0 Å². The zero-order valence-electron chi connectivity index (χ0n) is 11.0. The van der Waals surface area contributed by atoms with Crippen molar-refractivity contribution in [3.63, 3.8) is 0 Å². The lowest BCUT2D eigenvalue weighted by Crippen LogP contribution is -2.48. The van der Waals surface area contributed by atoms with Crippen LogP contribution in [0.15, 0.2) is 12.1 Å². The van der Waals surface area contributed by atoms with E-state index in [0.717, 1.165) is 0 Å². The van der Waals surface area contributed by atoms with Crippen molar-refractivity contribution in [2.75, 3.05) is 30.1 Å². The van der Waals surface area contributed by atoms with Crippen LogP contribution >= 0.6 is 0 Å². The lowest BCUT2D eigenvalue weighted by Gasteiger charge is -2.39. The van der Waals surface area contributed by atoms with E-state index in [9.17, 15) is 13.2 Å². The van der Waals surface area contributed by atoms with Crippen molar-refractivity contribution in [2.45, 2.75) is 25.6 Å². The number of halogens is 3. The average Bonchev–Trinajstić information content (AvgIpc) is 2.82. The van der Waals surface area contributed by atoms with Crippen molar-refractivity contribution >= 4 is 11.4 Å². The summed E-state index contributed by atoms with van der Waals surface area (Å²) < 4.78 is 48.9. The van der Waals surface area contributed by atoms with Gasteiger partial charge < -0.3 is 19.7 Å². The lowest BCUT2D eigenvalue weighted by molar-refractivity contribution is -0.120. The average molecular weight is 288 g/mol. The van der Waals surface area contributed by atoms with Crippen LogP contribution in [0.25, 0.3) is 0 Å². The summed E-state index contributed by atoms with van der Waals surface area (Å²) in [6.07, 6.45) is -3.60. The Hall–Kier alpha value is -1.79. The highest BCUT2D eigenvalue weighted by atomic mass is 19.4. The molecule has 1 atom stereocenters. The molecule has 0 aromatic heterocycles. The van der Waals surface area contributed by atoms with E-state index in [1.54, 1.807) is 12.1 Å². The van der Waals surface area contributed by atoms with E-state index in [1.165, 1.54) is 4.90 Å². The molecule has 0 saturated heterocycles. The van der Waals surface area contributed by atoms with Crippen molar-refractivity contribution in [1.82, 2.24) is 0 Å². The molecule has 1 aromatic carbocycles. The highest BCUT2D eigenvalue weighted by molar-refractivity contribution is 5.77. The fraction of sp³-hybridized carbons (Fsp3) is 0.538. The van der Waals surface area contributed by atoms with Gasteiger partial charge in [0.2, 0.25) is 6.79 Å². The maximum atomic E-state index is 12.8. The lowest BCUT2D eigenvalue weighted by atomic mass is 10.1. The first-order chi connectivity index (χ1) is 9.48. The van der Waals surface area contributed by atoms with Crippen molar-refractivity contribution in [1.29, 1.82) is 0 Å². The number of ether oxygens (including phenoxy) is 2. The van der Waals surface area contributed by atoms with Gasteiger partial charge in [-0.05, 0) is 6.42 Å². The molecule has 0 spiro atoms. The summed E-state index contributed by atoms with van der Waals surface area (Å²) in [6.45, 7) is 1.52. The van der Waals surface area contributed by atoms with E-state index in [-0.39, 0.29) is 12.8 Å². The Bertz CT molecular complexity index is 519. The van der Waals surface area contributed by atoms with E-state index < -0.39 is 12.7 Å². The van der Waals surface area contributed by atoms with Crippen molar-refractivity contribution in [2.24, 2.45) is 0 Å². The molecule has 1 unspecified atom stereocenters. The standard InChI is InChI=1S/C13H15F3N2O2/c1-2-8-5-17-9-3-11-12(20-7-19-11)4-10(9)18(8)6-13(14,15)16/h3-4,8,17H,2,5-7H2,1H3. The zero-order valence-corrected chi connectivity index (χ0v) is 11.0. The smallest absolute Gasteiger partial charge is 0.405 e. The molecule has 0 aliphatic carbocycles. The Kier molecular flexibility index (Phi) is 3.07.